The van der Waals surface area contributed by atoms with Gasteiger partial charge in [0.05, 0.1) is 5.56 Å². The van der Waals surface area contributed by atoms with Gasteiger partial charge in [-0.2, -0.15) is 0 Å². The second-order valence-corrected chi connectivity index (χ2v) is 4.34. The number of carboxylic acid groups (broad SMARTS) is 1. The van der Waals surface area contributed by atoms with Gasteiger partial charge in [0, 0.05) is 0 Å². The van der Waals surface area contributed by atoms with Gasteiger partial charge in [-0.15, -0.1) is 5.75 Å². The van der Waals surface area contributed by atoms with Crippen molar-refractivity contribution in [2.24, 2.45) is 0 Å². The maximum absolute atomic E-state index is 11.3. The number of carbonyl (C=O) groups is 1. The third kappa shape index (κ3) is 6.90. The van der Waals surface area contributed by atoms with Gasteiger partial charge >= 0.3 is 57.4 Å². The molecule has 0 saturated heterocycles. The normalized spacial score (nSPS) is 9.83. The van der Waals surface area contributed by atoms with E-state index < -0.39 is 5.97 Å². The van der Waals surface area contributed by atoms with E-state index in [1.807, 2.05) is 0 Å². The molecular formula is C14H19KO3. The van der Waals surface area contributed by atoms with Crippen molar-refractivity contribution in [1.29, 1.82) is 0 Å². The summed E-state index contributed by atoms with van der Waals surface area (Å²) in [5.74, 6) is -1.25. The molecule has 4 heteroatoms. The fourth-order valence-electron chi connectivity index (χ4n) is 1.86. The Balaban J connectivity index is 0.00000289. The third-order valence-electron chi connectivity index (χ3n) is 2.78. The Morgan fingerprint density at radius 3 is 2.44 bits per heavy atom. The standard InChI is InChI=1S/C14H20O3.K/c1-2-3-4-5-6-7-11-8-12(14(16)17)10-13(15)9-11;/h8-10,15H,2-7H2,1H3,(H,16,17);/q;+1/p-1. The Hall–Kier alpha value is 0.126. The Morgan fingerprint density at radius 1 is 1.17 bits per heavy atom. The molecule has 1 aromatic carbocycles. The van der Waals surface area contributed by atoms with E-state index in [1.54, 1.807) is 6.07 Å². The van der Waals surface area contributed by atoms with Crippen LogP contribution in [0.1, 0.15) is 54.9 Å². The van der Waals surface area contributed by atoms with Crippen LogP contribution in [0.3, 0.4) is 0 Å². The SMILES string of the molecule is CCCCCCCc1cc([O-])cc(C(=O)O)c1.[K+]. The zero-order valence-corrected chi connectivity index (χ0v) is 14.4. The van der Waals surface area contributed by atoms with E-state index in [-0.39, 0.29) is 62.7 Å². The van der Waals surface area contributed by atoms with Crippen molar-refractivity contribution in [3.05, 3.63) is 29.3 Å². The fraction of sp³-hybridized carbons (Fsp3) is 0.500. The molecule has 0 amide bonds. The fourth-order valence-corrected chi connectivity index (χ4v) is 1.86. The molecule has 0 radical (unpaired) electrons. The Labute approximate surface area is 151 Å². The van der Waals surface area contributed by atoms with Crippen LogP contribution in [0.2, 0.25) is 0 Å². The van der Waals surface area contributed by atoms with Gasteiger partial charge in [0.25, 0.3) is 0 Å². The molecule has 0 heterocycles. The van der Waals surface area contributed by atoms with Crippen LogP contribution in [0, 0.1) is 0 Å². The zero-order chi connectivity index (χ0) is 12.7. The van der Waals surface area contributed by atoms with Gasteiger partial charge in [-0.3, -0.25) is 0 Å². The van der Waals surface area contributed by atoms with E-state index in [0.29, 0.717) is 0 Å². The van der Waals surface area contributed by atoms with Crippen LogP contribution >= 0.6 is 0 Å². The second-order valence-electron chi connectivity index (χ2n) is 4.34. The Morgan fingerprint density at radius 2 is 1.83 bits per heavy atom. The molecule has 94 valence electrons. The maximum Gasteiger partial charge on any atom is 1.00 e. The van der Waals surface area contributed by atoms with Crippen molar-refractivity contribution in [3.8, 4) is 5.75 Å². The van der Waals surface area contributed by atoms with E-state index in [2.05, 4.69) is 6.92 Å². The van der Waals surface area contributed by atoms with E-state index in [9.17, 15) is 9.90 Å². The number of carboxylic acids is 1. The van der Waals surface area contributed by atoms with Crippen molar-refractivity contribution in [2.75, 3.05) is 0 Å². The monoisotopic (exact) mass is 274 g/mol. The average molecular weight is 274 g/mol. The van der Waals surface area contributed by atoms with Crippen LogP contribution in [0.15, 0.2) is 18.2 Å². The quantitative estimate of drug-likeness (QED) is 0.561. The number of hydrogen-bond donors (Lipinski definition) is 1. The Bertz CT molecular complexity index is 377. The van der Waals surface area contributed by atoms with Gasteiger partial charge in [0.15, 0.2) is 0 Å². The largest absolute Gasteiger partial charge is 1.00 e. The Kier molecular flexibility index (Phi) is 10.0. The molecule has 1 N–H and O–H groups in total. The number of rotatable bonds is 7. The van der Waals surface area contributed by atoms with E-state index in [0.717, 1.165) is 24.8 Å². The molecule has 0 spiro atoms. The number of unbranched alkanes of at least 4 members (excludes halogenated alkanes) is 4. The minimum atomic E-state index is -1.03. The number of aryl methyl sites for hydroxylation is 1. The van der Waals surface area contributed by atoms with Gasteiger partial charge < -0.3 is 10.2 Å². The summed E-state index contributed by atoms with van der Waals surface area (Å²) in [6.45, 7) is 2.17. The topological polar surface area (TPSA) is 60.4 Å². The first-order valence-electron chi connectivity index (χ1n) is 6.17. The average Bonchev–Trinajstić information content (AvgIpc) is 2.28. The van der Waals surface area contributed by atoms with Crippen LogP contribution < -0.4 is 56.5 Å². The molecule has 0 aliphatic carbocycles. The predicted octanol–water partition coefficient (Wildman–Crippen LogP) is -0.0247. The molecule has 0 bridgehead atoms. The summed E-state index contributed by atoms with van der Waals surface area (Å²) in [6, 6.07) is 4.30. The van der Waals surface area contributed by atoms with Gasteiger partial charge in [0.1, 0.15) is 0 Å². The first kappa shape index (κ1) is 18.1. The number of benzene rings is 1. The second kappa shape index (κ2) is 9.98. The minimum Gasteiger partial charge on any atom is -0.872 e. The molecular weight excluding hydrogens is 255 g/mol. The molecule has 0 fully saturated rings. The first-order valence-corrected chi connectivity index (χ1v) is 6.17. The van der Waals surface area contributed by atoms with E-state index >= 15 is 0 Å². The molecule has 0 saturated carbocycles. The van der Waals surface area contributed by atoms with Gasteiger partial charge in [-0.25, -0.2) is 4.79 Å². The summed E-state index contributed by atoms with van der Waals surface area (Å²) < 4.78 is 0. The third-order valence-corrected chi connectivity index (χ3v) is 2.78. The van der Waals surface area contributed by atoms with Gasteiger partial charge in [-0.1, -0.05) is 44.7 Å². The molecule has 0 unspecified atom stereocenters. The van der Waals surface area contributed by atoms with Crippen LogP contribution in [0.4, 0.5) is 0 Å². The van der Waals surface area contributed by atoms with Crippen LogP contribution in [0.5, 0.6) is 5.75 Å². The molecule has 1 aromatic rings. The van der Waals surface area contributed by atoms with Crippen molar-refractivity contribution in [1.82, 2.24) is 0 Å². The van der Waals surface area contributed by atoms with Gasteiger partial charge in [-0.05, 0) is 24.5 Å². The minimum absolute atomic E-state index is 0. The van der Waals surface area contributed by atoms with Crippen molar-refractivity contribution >= 4 is 5.97 Å². The summed E-state index contributed by atoms with van der Waals surface area (Å²) in [4.78, 5) is 10.8. The van der Waals surface area contributed by atoms with E-state index in [4.69, 9.17) is 5.11 Å². The summed E-state index contributed by atoms with van der Waals surface area (Å²) in [5.41, 5.74) is 0.937. The molecule has 1 rings (SSSR count). The summed E-state index contributed by atoms with van der Waals surface area (Å²) >= 11 is 0. The molecule has 0 aliphatic heterocycles. The first-order chi connectivity index (χ1) is 8.13. The van der Waals surface area contributed by atoms with E-state index in [1.165, 1.54) is 31.4 Å². The van der Waals surface area contributed by atoms with Crippen molar-refractivity contribution < 1.29 is 66.4 Å². The van der Waals surface area contributed by atoms with Crippen LogP contribution in [-0.2, 0) is 6.42 Å². The molecule has 0 aromatic heterocycles. The van der Waals surface area contributed by atoms with Crippen LogP contribution in [-0.4, -0.2) is 11.1 Å². The summed E-state index contributed by atoms with van der Waals surface area (Å²) in [5, 5.41) is 20.1. The van der Waals surface area contributed by atoms with Crippen molar-refractivity contribution in [2.45, 2.75) is 45.4 Å². The summed E-state index contributed by atoms with van der Waals surface area (Å²) in [7, 11) is 0. The molecule has 0 atom stereocenters. The number of aromatic carboxylic acids is 1. The molecule has 3 nitrogen and oxygen atoms in total. The maximum atomic E-state index is 11.3. The van der Waals surface area contributed by atoms with Crippen molar-refractivity contribution in [3.63, 3.8) is 0 Å². The summed E-state index contributed by atoms with van der Waals surface area (Å²) in [6.07, 6.45) is 6.60. The zero-order valence-electron chi connectivity index (χ0n) is 11.2. The molecule has 18 heavy (non-hydrogen) atoms. The predicted molar refractivity (Wildman–Crippen MR) is 65.3 cm³/mol. The smallest absolute Gasteiger partial charge is 0.872 e. The molecule has 0 aliphatic rings. The number of hydrogen-bond acceptors (Lipinski definition) is 2. The van der Waals surface area contributed by atoms with Crippen LogP contribution in [0.25, 0.3) is 0 Å². The van der Waals surface area contributed by atoms with Gasteiger partial charge in [0.2, 0.25) is 0 Å².